The number of pyridine rings is 1. The van der Waals surface area contributed by atoms with Gasteiger partial charge in [-0.15, -0.1) is 0 Å². The number of ether oxygens (including phenoxy) is 2. The summed E-state index contributed by atoms with van der Waals surface area (Å²) in [6, 6.07) is 33.5. The molecular formula is C40H37N3O4S. The van der Waals surface area contributed by atoms with Crippen LogP contribution in [0.15, 0.2) is 109 Å². The minimum Gasteiger partial charge on any atom is -0.465 e. The van der Waals surface area contributed by atoms with E-state index in [2.05, 4.69) is 40.3 Å². The maximum Gasteiger partial charge on any atom is 0.338 e. The molecule has 2 heterocycles. The number of imidazole rings is 1. The molecule has 0 spiro atoms. The van der Waals surface area contributed by atoms with Crippen molar-refractivity contribution >= 4 is 35.2 Å². The van der Waals surface area contributed by atoms with Crippen molar-refractivity contribution < 1.29 is 19.1 Å². The van der Waals surface area contributed by atoms with E-state index in [1.165, 1.54) is 14.2 Å². The molecule has 0 aliphatic heterocycles. The van der Waals surface area contributed by atoms with E-state index in [1.807, 2.05) is 72.9 Å². The standard InChI is InChI=1S/C40H37N3O4S/c1-4-5-14-36-41-35-23-24-42(25-27-15-19-29(20-16-27)31-10-6-8-12-33(31)39(44)46-2)38(48)37(35)43(36)26-28-17-21-30(22-18-28)32-11-7-9-13-34(32)40(45)47-3/h6-13,15-24H,4-5,14,25-26H2,1-3H3. The Morgan fingerprint density at radius 1 is 0.708 bits per heavy atom. The fourth-order valence-corrected chi connectivity index (χ4v) is 6.39. The van der Waals surface area contributed by atoms with Crippen LogP contribution in [0.2, 0.25) is 0 Å². The molecule has 0 N–H and O–H groups in total. The van der Waals surface area contributed by atoms with Gasteiger partial charge in [-0.2, -0.15) is 0 Å². The summed E-state index contributed by atoms with van der Waals surface area (Å²) in [4.78, 5) is 29.7. The highest BCUT2D eigenvalue weighted by Crippen LogP contribution is 2.28. The Morgan fingerprint density at radius 3 is 1.75 bits per heavy atom. The Balaban J connectivity index is 1.30. The van der Waals surface area contributed by atoms with E-state index in [0.29, 0.717) is 24.2 Å². The lowest BCUT2D eigenvalue weighted by Gasteiger charge is -2.13. The SMILES string of the molecule is CCCCc1nc2ccn(Cc3ccc(-c4ccccc4C(=O)OC)cc3)c(=S)c2n1Cc1ccc(-c2ccccc2C(=O)OC)cc1. The van der Waals surface area contributed by atoms with Crippen LogP contribution < -0.4 is 0 Å². The van der Waals surface area contributed by atoms with Crippen molar-refractivity contribution in [2.24, 2.45) is 0 Å². The molecule has 0 bridgehead atoms. The number of methoxy groups -OCH3 is 2. The van der Waals surface area contributed by atoms with Gasteiger partial charge >= 0.3 is 11.9 Å². The minimum atomic E-state index is -0.357. The van der Waals surface area contributed by atoms with E-state index in [9.17, 15) is 9.59 Å². The van der Waals surface area contributed by atoms with E-state index >= 15 is 0 Å². The molecule has 242 valence electrons. The molecule has 0 amide bonds. The van der Waals surface area contributed by atoms with Crippen LogP contribution in [0.5, 0.6) is 0 Å². The molecule has 4 aromatic carbocycles. The van der Waals surface area contributed by atoms with Gasteiger partial charge in [0.2, 0.25) is 0 Å². The van der Waals surface area contributed by atoms with Crippen LogP contribution in [0.25, 0.3) is 33.3 Å². The van der Waals surface area contributed by atoms with Crippen LogP contribution in [-0.2, 0) is 29.0 Å². The fraction of sp³-hybridized carbons (Fsp3) is 0.200. The van der Waals surface area contributed by atoms with Gasteiger partial charge in [0.05, 0.1) is 30.9 Å². The van der Waals surface area contributed by atoms with Crippen molar-refractivity contribution in [2.45, 2.75) is 39.3 Å². The predicted molar refractivity (Wildman–Crippen MR) is 192 cm³/mol. The van der Waals surface area contributed by atoms with Crippen LogP contribution in [0, 0.1) is 4.64 Å². The number of carbonyl (C=O) groups is 2. The molecule has 2 aromatic heterocycles. The van der Waals surface area contributed by atoms with Crippen molar-refractivity contribution in [3.05, 3.63) is 142 Å². The number of fused-ring (bicyclic) bond motifs is 1. The van der Waals surface area contributed by atoms with E-state index in [0.717, 1.165) is 74.1 Å². The van der Waals surface area contributed by atoms with E-state index in [4.69, 9.17) is 26.7 Å². The maximum absolute atomic E-state index is 12.4. The summed E-state index contributed by atoms with van der Waals surface area (Å²) < 4.78 is 15.1. The van der Waals surface area contributed by atoms with Crippen molar-refractivity contribution in [3.8, 4) is 22.3 Å². The third-order valence-electron chi connectivity index (χ3n) is 8.59. The van der Waals surface area contributed by atoms with Crippen molar-refractivity contribution in [1.82, 2.24) is 14.1 Å². The molecule has 0 aliphatic carbocycles. The monoisotopic (exact) mass is 655 g/mol. The molecule has 6 rings (SSSR count). The normalized spacial score (nSPS) is 11.1. The number of nitrogens with zero attached hydrogens (tertiary/aromatic N) is 3. The number of esters is 2. The van der Waals surface area contributed by atoms with Crippen LogP contribution in [0.1, 0.15) is 57.4 Å². The number of unbranched alkanes of at least 4 members (excludes halogenated alkanes) is 1. The lowest BCUT2D eigenvalue weighted by atomic mass is 9.98. The van der Waals surface area contributed by atoms with Crippen LogP contribution >= 0.6 is 12.2 Å². The lowest BCUT2D eigenvalue weighted by Crippen LogP contribution is -2.08. The van der Waals surface area contributed by atoms with Gasteiger partial charge in [0.25, 0.3) is 0 Å². The largest absolute Gasteiger partial charge is 0.465 e. The van der Waals surface area contributed by atoms with E-state index in [-0.39, 0.29) is 11.9 Å². The van der Waals surface area contributed by atoms with Gasteiger partial charge in [-0.1, -0.05) is 110 Å². The Morgan fingerprint density at radius 2 is 1.23 bits per heavy atom. The fourth-order valence-electron chi connectivity index (χ4n) is 6.05. The molecule has 0 saturated carbocycles. The molecule has 0 aliphatic rings. The van der Waals surface area contributed by atoms with E-state index < -0.39 is 0 Å². The third kappa shape index (κ3) is 6.71. The van der Waals surface area contributed by atoms with E-state index in [1.54, 1.807) is 12.1 Å². The predicted octanol–water partition coefficient (Wildman–Crippen LogP) is 8.91. The first-order valence-electron chi connectivity index (χ1n) is 16.0. The summed E-state index contributed by atoms with van der Waals surface area (Å²) in [6.45, 7) is 3.40. The molecule has 0 fully saturated rings. The van der Waals surface area contributed by atoms with Gasteiger partial charge in [0, 0.05) is 25.7 Å². The molecule has 0 atom stereocenters. The summed E-state index contributed by atoms with van der Waals surface area (Å²) in [7, 11) is 2.79. The summed E-state index contributed by atoms with van der Waals surface area (Å²) in [5.41, 5.74) is 8.66. The van der Waals surface area contributed by atoms with Gasteiger partial charge < -0.3 is 18.6 Å². The van der Waals surface area contributed by atoms with Crippen molar-refractivity contribution in [3.63, 3.8) is 0 Å². The first-order valence-corrected chi connectivity index (χ1v) is 16.4. The highest BCUT2D eigenvalue weighted by Gasteiger charge is 2.17. The molecular weight excluding hydrogens is 619 g/mol. The number of rotatable bonds is 11. The average molecular weight is 656 g/mol. The van der Waals surface area contributed by atoms with Crippen LogP contribution in [0.3, 0.4) is 0 Å². The zero-order valence-electron chi connectivity index (χ0n) is 27.3. The topological polar surface area (TPSA) is 75.4 Å². The lowest BCUT2D eigenvalue weighted by molar-refractivity contribution is 0.0592. The van der Waals surface area contributed by atoms with Gasteiger partial charge in [-0.05, 0) is 58.0 Å². The average Bonchev–Trinajstić information content (AvgIpc) is 3.49. The van der Waals surface area contributed by atoms with Crippen LogP contribution in [-0.4, -0.2) is 40.3 Å². The number of aryl methyl sites for hydroxylation is 1. The number of aromatic nitrogens is 3. The zero-order chi connectivity index (χ0) is 33.6. The van der Waals surface area contributed by atoms with Gasteiger partial charge in [0.15, 0.2) is 0 Å². The summed E-state index contributed by atoms with van der Waals surface area (Å²) in [5.74, 6) is 0.305. The van der Waals surface area contributed by atoms with Gasteiger partial charge in [0.1, 0.15) is 16.0 Å². The Bertz CT molecular complexity index is 2150. The smallest absolute Gasteiger partial charge is 0.338 e. The molecule has 0 radical (unpaired) electrons. The second-order valence-electron chi connectivity index (χ2n) is 11.7. The minimum absolute atomic E-state index is 0.355. The molecule has 7 nitrogen and oxygen atoms in total. The highest BCUT2D eigenvalue weighted by molar-refractivity contribution is 7.71. The highest BCUT2D eigenvalue weighted by atomic mass is 32.1. The maximum atomic E-state index is 12.4. The zero-order valence-corrected chi connectivity index (χ0v) is 28.1. The molecule has 8 heteroatoms. The Labute approximate surface area is 285 Å². The third-order valence-corrected chi connectivity index (χ3v) is 9.02. The number of hydrogen-bond donors (Lipinski definition) is 0. The molecule has 0 saturated heterocycles. The second kappa shape index (κ2) is 14.6. The number of benzene rings is 4. The number of carbonyl (C=O) groups excluding carboxylic acids is 2. The second-order valence-corrected chi connectivity index (χ2v) is 12.1. The quantitative estimate of drug-likeness (QED) is 0.103. The first kappa shape index (κ1) is 32.6. The summed E-state index contributed by atoms with van der Waals surface area (Å²) >= 11 is 6.13. The summed E-state index contributed by atoms with van der Waals surface area (Å²) in [5, 5.41) is 0. The molecule has 6 aromatic rings. The molecule has 48 heavy (non-hydrogen) atoms. The van der Waals surface area contributed by atoms with Crippen molar-refractivity contribution in [2.75, 3.05) is 14.2 Å². The van der Waals surface area contributed by atoms with Gasteiger partial charge in [-0.25, -0.2) is 14.6 Å². The first-order chi connectivity index (χ1) is 23.4. The summed E-state index contributed by atoms with van der Waals surface area (Å²) in [6.07, 6.45) is 4.97. The number of hydrogen-bond acceptors (Lipinski definition) is 6. The molecule has 0 unspecified atom stereocenters. The van der Waals surface area contributed by atoms with Crippen LogP contribution in [0.4, 0.5) is 0 Å². The Kier molecular flexibility index (Phi) is 9.92. The Hall–Kier alpha value is -5.34. The van der Waals surface area contributed by atoms with Gasteiger partial charge in [-0.3, -0.25) is 0 Å². The van der Waals surface area contributed by atoms with Crippen molar-refractivity contribution in [1.29, 1.82) is 0 Å².